The average molecular weight is 215 g/mol. The van der Waals surface area contributed by atoms with Crippen molar-refractivity contribution < 1.29 is 19.5 Å². The number of nitrogens with zero attached hydrogens (tertiary/aromatic N) is 1. The first kappa shape index (κ1) is 11.4. The van der Waals surface area contributed by atoms with Gasteiger partial charge in [0.05, 0.1) is 6.54 Å². The lowest BCUT2D eigenvalue weighted by atomic mass is 10.3. The molecule has 7 heteroatoms. The number of carboxylic acid groups (broad SMARTS) is 1. The summed E-state index contributed by atoms with van der Waals surface area (Å²) in [5.41, 5.74) is 0. The normalized spacial score (nSPS) is 15.9. The Balaban J connectivity index is 2.28. The maximum Gasteiger partial charge on any atom is 0.394 e. The number of aliphatic carboxylic acids is 1. The van der Waals surface area contributed by atoms with E-state index in [9.17, 15) is 14.4 Å². The van der Waals surface area contributed by atoms with E-state index in [-0.39, 0.29) is 12.5 Å². The minimum atomic E-state index is -1.58. The summed E-state index contributed by atoms with van der Waals surface area (Å²) < 4.78 is 0. The van der Waals surface area contributed by atoms with Crippen molar-refractivity contribution >= 4 is 17.8 Å². The van der Waals surface area contributed by atoms with E-state index >= 15 is 0 Å². The summed E-state index contributed by atoms with van der Waals surface area (Å²) in [6, 6.07) is 0. The number of carboxylic acids is 1. The molecule has 0 aliphatic carbocycles. The number of amides is 2. The molecule has 0 radical (unpaired) electrons. The van der Waals surface area contributed by atoms with E-state index in [0.29, 0.717) is 13.1 Å². The van der Waals surface area contributed by atoms with Crippen LogP contribution >= 0.6 is 0 Å². The average Bonchev–Trinajstić information content (AvgIpc) is 2.26. The first-order valence-corrected chi connectivity index (χ1v) is 4.61. The van der Waals surface area contributed by atoms with Gasteiger partial charge in [0.25, 0.3) is 0 Å². The van der Waals surface area contributed by atoms with Crippen LogP contribution in [0.1, 0.15) is 0 Å². The van der Waals surface area contributed by atoms with Gasteiger partial charge >= 0.3 is 11.9 Å². The molecule has 1 fully saturated rings. The van der Waals surface area contributed by atoms with Gasteiger partial charge in [0, 0.05) is 26.2 Å². The van der Waals surface area contributed by atoms with Crippen molar-refractivity contribution in [3.05, 3.63) is 0 Å². The fourth-order valence-corrected chi connectivity index (χ4v) is 1.26. The Morgan fingerprint density at radius 2 is 1.87 bits per heavy atom. The Kier molecular flexibility index (Phi) is 4.04. The molecule has 2 amide bonds. The van der Waals surface area contributed by atoms with Gasteiger partial charge < -0.3 is 20.6 Å². The summed E-state index contributed by atoms with van der Waals surface area (Å²) in [6.07, 6.45) is 0. The fourth-order valence-electron chi connectivity index (χ4n) is 1.26. The summed E-state index contributed by atoms with van der Waals surface area (Å²) in [5, 5.41) is 13.4. The summed E-state index contributed by atoms with van der Waals surface area (Å²) in [6.45, 7) is 2.35. The molecule has 0 aromatic rings. The highest BCUT2D eigenvalue weighted by Gasteiger charge is 2.18. The van der Waals surface area contributed by atoms with Crippen molar-refractivity contribution in [2.75, 3.05) is 32.7 Å². The van der Waals surface area contributed by atoms with E-state index in [0.717, 1.165) is 13.1 Å². The molecule has 84 valence electrons. The van der Waals surface area contributed by atoms with Crippen LogP contribution in [-0.2, 0) is 14.4 Å². The number of carbonyl (C=O) groups is 3. The molecule has 1 aliphatic heterocycles. The predicted molar refractivity (Wildman–Crippen MR) is 50.1 cm³/mol. The monoisotopic (exact) mass is 215 g/mol. The molecule has 0 aromatic carbocycles. The largest absolute Gasteiger partial charge is 0.474 e. The van der Waals surface area contributed by atoms with Gasteiger partial charge in [-0.3, -0.25) is 9.59 Å². The zero-order chi connectivity index (χ0) is 11.3. The molecule has 0 saturated carbocycles. The molecule has 1 rings (SSSR count). The van der Waals surface area contributed by atoms with Gasteiger partial charge in [-0.1, -0.05) is 0 Å². The highest BCUT2D eigenvalue weighted by molar-refractivity contribution is 6.31. The van der Waals surface area contributed by atoms with Gasteiger partial charge in [-0.2, -0.15) is 0 Å². The van der Waals surface area contributed by atoms with Crippen LogP contribution in [-0.4, -0.2) is 60.5 Å². The number of carbonyl (C=O) groups excluding carboxylic acids is 2. The molecule has 0 bridgehead atoms. The zero-order valence-corrected chi connectivity index (χ0v) is 8.15. The maximum atomic E-state index is 11.4. The molecule has 0 spiro atoms. The Hall–Kier alpha value is -1.63. The smallest absolute Gasteiger partial charge is 0.394 e. The lowest BCUT2D eigenvalue weighted by Crippen LogP contribution is -2.50. The van der Waals surface area contributed by atoms with Gasteiger partial charge in [-0.25, -0.2) is 4.79 Å². The second kappa shape index (κ2) is 5.30. The van der Waals surface area contributed by atoms with Gasteiger partial charge in [0.1, 0.15) is 0 Å². The van der Waals surface area contributed by atoms with E-state index < -0.39 is 11.9 Å². The van der Waals surface area contributed by atoms with Crippen molar-refractivity contribution in [2.24, 2.45) is 0 Å². The maximum absolute atomic E-state index is 11.4. The van der Waals surface area contributed by atoms with Crippen LogP contribution in [0.3, 0.4) is 0 Å². The number of hydrogen-bond donors (Lipinski definition) is 3. The number of hydrogen-bond acceptors (Lipinski definition) is 4. The zero-order valence-electron chi connectivity index (χ0n) is 8.15. The second-order valence-electron chi connectivity index (χ2n) is 3.12. The van der Waals surface area contributed by atoms with Crippen LogP contribution in [0.15, 0.2) is 0 Å². The van der Waals surface area contributed by atoms with Crippen LogP contribution in [0, 0.1) is 0 Å². The van der Waals surface area contributed by atoms with Gasteiger partial charge in [0.2, 0.25) is 5.91 Å². The van der Waals surface area contributed by atoms with Crippen molar-refractivity contribution in [1.82, 2.24) is 15.5 Å². The van der Waals surface area contributed by atoms with Gasteiger partial charge in [-0.15, -0.1) is 0 Å². The van der Waals surface area contributed by atoms with Gasteiger partial charge in [0.15, 0.2) is 0 Å². The minimum absolute atomic E-state index is 0.258. The Labute approximate surface area is 86.4 Å². The molecule has 3 N–H and O–H groups in total. The van der Waals surface area contributed by atoms with Crippen molar-refractivity contribution in [3.8, 4) is 0 Å². The summed E-state index contributed by atoms with van der Waals surface area (Å²) in [4.78, 5) is 33.8. The van der Waals surface area contributed by atoms with E-state index in [2.05, 4.69) is 5.32 Å². The molecular weight excluding hydrogens is 202 g/mol. The Morgan fingerprint density at radius 3 is 2.40 bits per heavy atom. The Bertz CT molecular complexity index is 273. The van der Waals surface area contributed by atoms with E-state index in [1.165, 1.54) is 0 Å². The molecule has 1 aliphatic rings. The highest BCUT2D eigenvalue weighted by Crippen LogP contribution is 1.92. The van der Waals surface area contributed by atoms with Crippen molar-refractivity contribution in [3.63, 3.8) is 0 Å². The summed E-state index contributed by atoms with van der Waals surface area (Å²) in [5.74, 6) is -2.99. The number of rotatable bonds is 2. The predicted octanol–water partition coefficient (Wildman–Crippen LogP) is -2.38. The minimum Gasteiger partial charge on any atom is -0.474 e. The third-order valence-corrected chi connectivity index (χ3v) is 2.06. The van der Waals surface area contributed by atoms with Gasteiger partial charge in [-0.05, 0) is 0 Å². The first-order chi connectivity index (χ1) is 7.11. The van der Waals surface area contributed by atoms with E-state index in [1.807, 2.05) is 5.32 Å². The van der Waals surface area contributed by atoms with Crippen LogP contribution in [0.4, 0.5) is 0 Å². The topological polar surface area (TPSA) is 98.7 Å². The first-order valence-electron chi connectivity index (χ1n) is 4.61. The third-order valence-electron chi connectivity index (χ3n) is 2.06. The molecular formula is C8H13N3O4. The third kappa shape index (κ3) is 3.55. The summed E-state index contributed by atoms with van der Waals surface area (Å²) in [7, 11) is 0. The standard InChI is InChI=1S/C8H13N3O4/c12-6(5-10-7(13)8(14)15)11-3-1-9-2-4-11/h9H,1-5H2,(H,10,13)(H,14,15). The van der Waals surface area contributed by atoms with Crippen LogP contribution in [0.25, 0.3) is 0 Å². The molecule has 7 nitrogen and oxygen atoms in total. The fraction of sp³-hybridized carbons (Fsp3) is 0.625. The molecule has 1 heterocycles. The lowest BCUT2D eigenvalue weighted by molar-refractivity contribution is -0.150. The second-order valence-corrected chi connectivity index (χ2v) is 3.12. The van der Waals surface area contributed by atoms with E-state index in [4.69, 9.17) is 5.11 Å². The number of piperazine rings is 1. The van der Waals surface area contributed by atoms with E-state index in [1.54, 1.807) is 4.90 Å². The number of nitrogens with one attached hydrogen (secondary N) is 2. The SMILES string of the molecule is O=C(O)C(=O)NCC(=O)N1CCNCC1. The molecule has 0 aromatic heterocycles. The molecule has 15 heavy (non-hydrogen) atoms. The highest BCUT2D eigenvalue weighted by atomic mass is 16.4. The molecule has 1 saturated heterocycles. The van der Waals surface area contributed by atoms with Crippen molar-refractivity contribution in [1.29, 1.82) is 0 Å². The van der Waals surface area contributed by atoms with Crippen LogP contribution in [0.5, 0.6) is 0 Å². The van der Waals surface area contributed by atoms with Crippen LogP contribution < -0.4 is 10.6 Å². The van der Waals surface area contributed by atoms with Crippen molar-refractivity contribution in [2.45, 2.75) is 0 Å². The Morgan fingerprint density at radius 1 is 1.27 bits per heavy atom. The van der Waals surface area contributed by atoms with Crippen LogP contribution in [0.2, 0.25) is 0 Å². The lowest BCUT2D eigenvalue weighted by Gasteiger charge is -2.27. The quantitative estimate of drug-likeness (QED) is 0.447. The molecule has 0 atom stereocenters. The molecule has 0 unspecified atom stereocenters. The summed E-state index contributed by atoms with van der Waals surface area (Å²) >= 11 is 0.